The second-order valence-electron chi connectivity index (χ2n) is 5.91. The van der Waals surface area contributed by atoms with E-state index in [1.54, 1.807) is 13.1 Å². The van der Waals surface area contributed by atoms with Crippen LogP contribution in [0, 0.1) is 15.5 Å². The van der Waals surface area contributed by atoms with Crippen molar-refractivity contribution in [2.45, 2.75) is 26.8 Å². The minimum absolute atomic E-state index is 0.0926. The number of hydrogen-bond acceptors (Lipinski definition) is 4. The van der Waals surface area contributed by atoms with Crippen LogP contribution in [0.15, 0.2) is 24.3 Å². The summed E-state index contributed by atoms with van der Waals surface area (Å²) in [5.74, 6) is 0. The molecule has 1 aromatic rings. The molecule has 0 saturated heterocycles. The van der Waals surface area contributed by atoms with E-state index in [9.17, 15) is 20.0 Å². The van der Waals surface area contributed by atoms with E-state index in [4.69, 9.17) is 0 Å². The van der Waals surface area contributed by atoms with Crippen molar-refractivity contribution in [1.29, 1.82) is 0 Å². The summed E-state index contributed by atoms with van der Waals surface area (Å²) in [6.45, 7) is 5.60. The van der Waals surface area contributed by atoms with Gasteiger partial charge in [-0.2, -0.15) is 0 Å². The Balaban J connectivity index is 2.85. The van der Waals surface area contributed by atoms with Gasteiger partial charge in [-0.1, -0.05) is 26.8 Å². The molecular formula is C14H21N3O4. The Bertz CT molecular complexity index is 525. The van der Waals surface area contributed by atoms with Gasteiger partial charge in [0.05, 0.1) is 17.6 Å². The summed E-state index contributed by atoms with van der Waals surface area (Å²) in [5.41, 5.74) is -0.0413. The number of aliphatic hydroxyl groups is 1. The number of benzene rings is 1. The number of anilines is 1. The highest BCUT2D eigenvalue weighted by atomic mass is 16.6. The minimum atomic E-state index is -0.523. The maximum atomic E-state index is 12.2. The van der Waals surface area contributed by atoms with Gasteiger partial charge in [-0.05, 0) is 11.5 Å². The third-order valence-corrected chi connectivity index (χ3v) is 3.27. The van der Waals surface area contributed by atoms with Crippen molar-refractivity contribution in [2.24, 2.45) is 5.41 Å². The molecule has 0 aliphatic heterocycles. The van der Waals surface area contributed by atoms with Gasteiger partial charge < -0.3 is 15.3 Å². The molecule has 2 amide bonds. The third-order valence-electron chi connectivity index (χ3n) is 3.27. The Morgan fingerprint density at radius 3 is 2.57 bits per heavy atom. The summed E-state index contributed by atoms with van der Waals surface area (Å²) in [5, 5.41) is 22.8. The number of amides is 2. The highest BCUT2D eigenvalue weighted by Crippen LogP contribution is 2.24. The largest absolute Gasteiger partial charge is 0.394 e. The number of likely N-dealkylation sites (N-methyl/N-ethyl adjacent to an activating group) is 1. The zero-order chi connectivity index (χ0) is 16.2. The lowest BCUT2D eigenvalue weighted by Crippen LogP contribution is -2.48. The molecule has 1 atom stereocenters. The molecule has 0 saturated carbocycles. The molecule has 0 fully saturated rings. The summed E-state index contributed by atoms with van der Waals surface area (Å²) in [6, 6.07) is 4.92. The van der Waals surface area contributed by atoms with Crippen LogP contribution in [0.25, 0.3) is 0 Å². The smallest absolute Gasteiger partial charge is 0.321 e. The number of non-ortho nitro benzene ring substituents is 1. The van der Waals surface area contributed by atoms with Crippen LogP contribution in [0.2, 0.25) is 0 Å². The summed E-state index contributed by atoms with van der Waals surface area (Å²) >= 11 is 0. The number of aliphatic hydroxyl groups excluding tert-OH is 1. The van der Waals surface area contributed by atoms with Gasteiger partial charge in [-0.3, -0.25) is 10.1 Å². The van der Waals surface area contributed by atoms with E-state index >= 15 is 0 Å². The molecule has 116 valence electrons. The van der Waals surface area contributed by atoms with Gasteiger partial charge in [-0.25, -0.2) is 4.79 Å². The number of nitrogens with zero attached hydrogens (tertiary/aromatic N) is 2. The fourth-order valence-corrected chi connectivity index (χ4v) is 2.03. The lowest BCUT2D eigenvalue weighted by molar-refractivity contribution is -0.384. The number of nitro benzene ring substituents is 1. The average Bonchev–Trinajstić information content (AvgIpc) is 2.37. The highest BCUT2D eigenvalue weighted by molar-refractivity contribution is 5.89. The standard InChI is InChI=1S/C14H21N3O4/c1-14(2,3)12(9-18)16(4)13(19)15-10-6-5-7-11(8-10)17(20)21/h5-8,12,18H,9H2,1-4H3,(H,15,19)/t12-/m1/s1. The number of carbonyl (C=O) groups excluding carboxylic acids is 1. The van der Waals surface area contributed by atoms with Crippen molar-refractivity contribution in [3.05, 3.63) is 34.4 Å². The quantitative estimate of drug-likeness (QED) is 0.658. The predicted molar refractivity (Wildman–Crippen MR) is 80.2 cm³/mol. The molecule has 0 aliphatic rings. The molecule has 0 unspecified atom stereocenters. The second kappa shape index (κ2) is 6.53. The first-order chi connectivity index (χ1) is 9.66. The van der Waals surface area contributed by atoms with Crippen molar-refractivity contribution >= 4 is 17.4 Å². The molecule has 7 nitrogen and oxygen atoms in total. The number of urea groups is 1. The molecule has 2 N–H and O–H groups in total. The van der Waals surface area contributed by atoms with Crippen molar-refractivity contribution in [2.75, 3.05) is 19.0 Å². The van der Waals surface area contributed by atoms with Gasteiger partial charge in [0.1, 0.15) is 0 Å². The summed E-state index contributed by atoms with van der Waals surface area (Å²) in [7, 11) is 1.58. The zero-order valence-corrected chi connectivity index (χ0v) is 12.7. The Kier molecular flexibility index (Phi) is 5.26. The molecule has 1 aromatic carbocycles. The van der Waals surface area contributed by atoms with Crippen LogP contribution < -0.4 is 5.32 Å². The monoisotopic (exact) mass is 295 g/mol. The van der Waals surface area contributed by atoms with E-state index in [1.807, 2.05) is 20.8 Å². The molecule has 0 bridgehead atoms. The number of carbonyl (C=O) groups is 1. The summed E-state index contributed by atoms with van der Waals surface area (Å²) in [6.07, 6.45) is 0. The van der Waals surface area contributed by atoms with E-state index < -0.39 is 11.0 Å². The van der Waals surface area contributed by atoms with E-state index in [2.05, 4.69) is 5.32 Å². The molecule has 0 heterocycles. The van der Waals surface area contributed by atoms with Gasteiger partial charge in [0.2, 0.25) is 0 Å². The second-order valence-corrected chi connectivity index (χ2v) is 5.91. The minimum Gasteiger partial charge on any atom is -0.394 e. The van der Waals surface area contributed by atoms with Gasteiger partial charge in [0.25, 0.3) is 5.69 Å². The van der Waals surface area contributed by atoms with E-state index in [0.29, 0.717) is 5.69 Å². The van der Waals surface area contributed by atoms with Crippen LogP contribution in [0.5, 0.6) is 0 Å². The first-order valence-electron chi connectivity index (χ1n) is 6.56. The number of nitrogens with one attached hydrogen (secondary N) is 1. The molecule has 0 radical (unpaired) electrons. The van der Waals surface area contributed by atoms with Crippen LogP contribution in [-0.4, -0.2) is 40.7 Å². The molecule has 1 rings (SSSR count). The first kappa shape index (κ1) is 16.9. The molecule has 0 aromatic heterocycles. The summed E-state index contributed by atoms with van der Waals surface area (Å²) < 4.78 is 0. The van der Waals surface area contributed by atoms with E-state index in [1.165, 1.54) is 23.1 Å². The van der Waals surface area contributed by atoms with Crippen molar-refractivity contribution in [1.82, 2.24) is 4.90 Å². The van der Waals surface area contributed by atoms with Crippen LogP contribution in [0.4, 0.5) is 16.2 Å². The molecule has 0 aliphatic carbocycles. The first-order valence-corrected chi connectivity index (χ1v) is 6.56. The molecule has 7 heteroatoms. The number of nitro groups is 1. The maximum Gasteiger partial charge on any atom is 0.321 e. The van der Waals surface area contributed by atoms with E-state index in [-0.39, 0.29) is 23.8 Å². The topological polar surface area (TPSA) is 95.7 Å². The van der Waals surface area contributed by atoms with Crippen LogP contribution in [0.1, 0.15) is 20.8 Å². The lowest BCUT2D eigenvalue weighted by Gasteiger charge is -2.36. The van der Waals surface area contributed by atoms with Crippen molar-refractivity contribution < 1.29 is 14.8 Å². The van der Waals surface area contributed by atoms with Gasteiger partial charge in [-0.15, -0.1) is 0 Å². The Labute approximate surface area is 123 Å². The number of rotatable bonds is 4. The molecule has 0 spiro atoms. The lowest BCUT2D eigenvalue weighted by atomic mass is 9.86. The Morgan fingerprint density at radius 1 is 1.48 bits per heavy atom. The SMILES string of the molecule is CN(C(=O)Nc1cccc([N+](=O)[O-])c1)[C@H](CO)C(C)(C)C. The highest BCUT2D eigenvalue weighted by Gasteiger charge is 2.30. The molecular weight excluding hydrogens is 274 g/mol. The average molecular weight is 295 g/mol. The summed E-state index contributed by atoms with van der Waals surface area (Å²) in [4.78, 5) is 23.8. The van der Waals surface area contributed by atoms with Gasteiger partial charge in [0, 0.05) is 24.9 Å². The normalized spacial score (nSPS) is 12.6. The van der Waals surface area contributed by atoms with E-state index in [0.717, 1.165) is 0 Å². The fourth-order valence-electron chi connectivity index (χ4n) is 2.03. The Hall–Kier alpha value is -2.15. The fraction of sp³-hybridized carbons (Fsp3) is 0.500. The molecule has 21 heavy (non-hydrogen) atoms. The van der Waals surface area contributed by atoms with Crippen LogP contribution >= 0.6 is 0 Å². The van der Waals surface area contributed by atoms with Crippen molar-refractivity contribution in [3.63, 3.8) is 0 Å². The van der Waals surface area contributed by atoms with Gasteiger partial charge >= 0.3 is 6.03 Å². The predicted octanol–water partition coefficient (Wildman–Crippen LogP) is 2.47. The Morgan fingerprint density at radius 2 is 2.10 bits per heavy atom. The van der Waals surface area contributed by atoms with Crippen molar-refractivity contribution in [3.8, 4) is 0 Å². The third kappa shape index (κ3) is 4.42. The maximum absolute atomic E-state index is 12.2. The van der Waals surface area contributed by atoms with Crippen LogP contribution in [0.3, 0.4) is 0 Å². The van der Waals surface area contributed by atoms with Crippen LogP contribution in [-0.2, 0) is 0 Å². The number of hydrogen-bond donors (Lipinski definition) is 2. The van der Waals surface area contributed by atoms with Gasteiger partial charge in [0.15, 0.2) is 0 Å². The zero-order valence-electron chi connectivity index (χ0n) is 12.7.